The lowest BCUT2D eigenvalue weighted by molar-refractivity contribution is -0.942. The second-order valence-corrected chi connectivity index (χ2v) is 6.32. The monoisotopic (exact) mass is 222 g/mol. The second-order valence-electron chi connectivity index (χ2n) is 6.32. The maximum absolute atomic E-state index is 2.47. The fourth-order valence-electron chi connectivity index (χ4n) is 3.77. The van der Waals surface area contributed by atoms with E-state index in [1.165, 1.54) is 61.9 Å². The SMILES string of the molecule is CCCC1C[N+]2(CC=C(C)C)CCC1CC2. The van der Waals surface area contributed by atoms with Gasteiger partial charge in [-0.25, -0.2) is 0 Å². The Labute approximate surface area is 101 Å². The number of fused-ring (bicyclic) bond motifs is 3. The van der Waals surface area contributed by atoms with E-state index in [4.69, 9.17) is 0 Å². The highest BCUT2D eigenvalue weighted by Gasteiger charge is 2.44. The average molecular weight is 222 g/mol. The molecule has 1 heteroatoms. The molecule has 0 N–H and O–H groups in total. The van der Waals surface area contributed by atoms with Crippen molar-refractivity contribution in [3.8, 4) is 0 Å². The van der Waals surface area contributed by atoms with Crippen LogP contribution < -0.4 is 0 Å². The van der Waals surface area contributed by atoms with Gasteiger partial charge in [0.2, 0.25) is 0 Å². The molecule has 0 aromatic heterocycles. The van der Waals surface area contributed by atoms with Gasteiger partial charge in [-0.05, 0) is 32.3 Å². The van der Waals surface area contributed by atoms with E-state index in [0.29, 0.717) is 0 Å². The zero-order chi connectivity index (χ0) is 11.6. The largest absolute Gasteiger partial charge is 0.320 e. The van der Waals surface area contributed by atoms with Gasteiger partial charge in [0.25, 0.3) is 0 Å². The first-order valence-electron chi connectivity index (χ1n) is 7.14. The number of piperidine rings is 3. The molecule has 0 aromatic rings. The second kappa shape index (κ2) is 4.91. The van der Waals surface area contributed by atoms with Gasteiger partial charge in [0.1, 0.15) is 0 Å². The normalized spacial score (nSPS) is 37.4. The van der Waals surface area contributed by atoms with E-state index in [0.717, 1.165) is 11.8 Å². The molecule has 1 unspecified atom stereocenters. The standard InChI is InChI=1S/C15H28N/c1-4-5-15-12-16(9-6-13(2)3)10-7-14(15)8-11-16/h6,14-15H,4-5,7-12H2,1-3H3/q+1. The van der Waals surface area contributed by atoms with Crippen molar-refractivity contribution in [1.82, 2.24) is 0 Å². The molecule has 92 valence electrons. The zero-order valence-corrected chi connectivity index (χ0v) is 11.3. The first-order valence-corrected chi connectivity index (χ1v) is 7.14. The number of hydrogen-bond acceptors (Lipinski definition) is 0. The summed E-state index contributed by atoms with van der Waals surface area (Å²) >= 11 is 0. The predicted molar refractivity (Wildman–Crippen MR) is 70.3 cm³/mol. The van der Waals surface area contributed by atoms with E-state index in [1.54, 1.807) is 0 Å². The van der Waals surface area contributed by atoms with Gasteiger partial charge in [0.05, 0.1) is 26.2 Å². The van der Waals surface area contributed by atoms with Crippen molar-refractivity contribution in [2.75, 3.05) is 26.2 Å². The van der Waals surface area contributed by atoms with Gasteiger partial charge in [-0.15, -0.1) is 0 Å². The molecule has 0 aromatic carbocycles. The summed E-state index contributed by atoms with van der Waals surface area (Å²) in [5, 5.41) is 0. The van der Waals surface area contributed by atoms with Crippen molar-refractivity contribution < 1.29 is 4.48 Å². The lowest BCUT2D eigenvalue weighted by Gasteiger charge is -2.52. The smallest absolute Gasteiger partial charge is 0.0976 e. The minimum Gasteiger partial charge on any atom is -0.320 e. The van der Waals surface area contributed by atoms with E-state index >= 15 is 0 Å². The summed E-state index contributed by atoms with van der Waals surface area (Å²) in [5.74, 6) is 2.12. The average Bonchev–Trinajstić information content (AvgIpc) is 2.29. The molecular weight excluding hydrogens is 194 g/mol. The Morgan fingerprint density at radius 2 is 1.94 bits per heavy atom. The predicted octanol–water partition coefficient (Wildman–Crippen LogP) is 3.61. The molecule has 0 saturated carbocycles. The molecule has 3 aliphatic rings. The Morgan fingerprint density at radius 1 is 1.25 bits per heavy atom. The van der Waals surface area contributed by atoms with E-state index in [2.05, 4.69) is 26.8 Å². The zero-order valence-electron chi connectivity index (χ0n) is 11.3. The van der Waals surface area contributed by atoms with Gasteiger partial charge < -0.3 is 4.48 Å². The molecule has 1 atom stereocenters. The molecule has 0 amide bonds. The molecule has 3 fully saturated rings. The van der Waals surface area contributed by atoms with Crippen LogP contribution in [-0.4, -0.2) is 30.7 Å². The maximum Gasteiger partial charge on any atom is 0.0976 e. The first-order chi connectivity index (χ1) is 7.65. The molecule has 3 saturated heterocycles. The van der Waals surface area contributed by atoms with Crippen LogP contribution in [0.4, 0.5) is 0 Å². The van der Waals surface area contributed by atoms with Crippen LogP contribution in [0.15, 0.2) is 11.6 Å². The van der Waals surface area contributed by atoms with Crippen molar-refractivity contribution in [1.29, 1.82) is 0 Å². The highest BCUT2D eigenvalue weighted by molar-refractivity contribution is 4.94. The summed E-state index contributed by atoms with van der Waals surface area (Å²) in [5.41, 5.74) is 1.49. The van der Waals surface area contributed by atoms with E-state index < -0.39 is 0 Å². The van der Waals surface area contributed by atoms with Gasteiger partial charge in [-0.3, -0.25) is 0 Å². The van der Waals surface area contributed by atoms with Crippen molar-refractivity contribution in [3.05, 3.63) is 11.6 Å². The fourth-order valence-corrected chi connectivity index (χ4v) is 3.77. The first kappa shape index (κ1) is 12.2. The lowest BCUT2D eigenvalue weighted by atomic mass is 9.75. The number of allylic oxidation sites excluding steroid dienone is 1. The van der Waals surface area contributed by atoms with Crippen molar-refractivity contribution in [2.45, 2.75) is 46.5 Å². The number of quaternary nitrogens is 1. The number of nitrogens with zero attached hydrogens (tertiary/aromatic N) is 1. The molecule has 0 spiro atoms. The molecule has 3 heterocycles. The number of rotatable bonds is 4. The quantitative estimate of drug-likeness (QED) is 0.503. The summed E-state index contributed by atoms with van der Waals surface area (Å²) in [4.78, 5) is 0. The van der Waals surface area contributed by atoms with Crippen LogP contribution in [0.2, 0.25) is 0 Å². The molecule has 2 bridgehead atoms. The summed E-state index contributed by atoms with van der Waals surface area (Å²) in [7, 11) is 0. The fraction of sp³-hybridized carbons (Fsp3) is 0.867. The summed E-state index contributed by atoms with van der Waals surface area (Å²) in [6.45, 7) is 12.5. The van der Waals surface area contributed by atoms with Crippen LogP contribution >= 0.6 is 0 Å². The summed E-state index contributed by atoms with van der Waals surface area (Å²) in [6, 6.07) is 0. The van der Waals surface area contributed by atoms with Gasteiger partial charge in [0.15, 0.2) is 0 Å². The van der Waals surface area contributed by atoms with E-state index in [9.17, 15) is 0 Å². The van der Waals surface area contributed by atoms with E-state index in [1.807, 2.05) is 0 Å². The Morgan fingerprint density at radius 3 is 2.50 bits per heavy atom. The Balaban J connectivity index is 2.01. The molecule has 0 radical (unpaired) electrons. The molecule has 1 nitrogen and oxygen atoms in total. The van der Waals surface area contributed by atoms with Gasteiger partial charge in [-0.1, -0.05) is 18.9 Å². The van der Waals surface area contributed by atoms with Crippen LogP contribution in [-0.2, 0) is 0 Å². The third kappa shape index (κ3) is 2.51. The lowest BCUT2D eigenvalue weighted by Crippen LogP contribution is -2.61. The van der Waals surface area contributed by atoms with Gasteiger partial charge in [-0.2, -0.15) is 0 Å². The van der Waals surface area contributed by atoms with Crippen LogP contribution in [0.1, 0.15) is 46.5 Å². The minimum atomic E-state index is 1.04. The Bertz CT molecular complexity index is 255. The molecular formula is C15H28N+. The van der Waals surface area contributed by atoms with Gasteiger partial charge >= 0.3 is 0 Å². The number of hydrogen-bond donors (Lipinski definition) is 0. The maximum atomic E-state index is 2.47. The minimum absolute atomic E-state index is 1.04. The molecule has 3 aliphatic heterocycles. The van der Waals surface area contributed by atoms with Gasteiger partial charge in [0, 0.05) is 18.8 Å². The van der Waals surface area contributed by atoms with Crippen LogP contribution in [0, 0.1) is 11.8 Å². The molecule has 16 heavy (non-hydrogen) atoms. The van der Waals surface area contributed by atoms with Crippen LogP contribution in [0.25, 0.3) is 0 Å². The topological polar surface area (TPSA) is 0 Å². The van der Waals surface area contributed by atoms with Crippen molar-refractivity contribution in [2.24, 2.45) is 11.8 Å². The van der Waals surface area contributed by atoms with Crippen molar-refractivity contribution >= 4 is 0 Å². The Kier molecular flexibility index (Phi) is 3.73. The summed E-state index contributed by atoms with van der Waals surface area (Å²) < 4.78 is 1.41. The summed E-state index contributed by atoms with van der Waals surface area (Å²) in [6.07, 6.45) is 8.32. The highest BCUT2D eigenvalue weighted by atomic mass is 15.4. The van der Waals surface area contributed by atoms with Crippen molar-refractivity contribution in [3.63, 3.8) is 0 Å². The molecule has 0 aliphatic carbocycles. The van der Waals surface area contributed by atoms with Crippen LogP contribution in [0.3, 0.4) is 0 Å². The van der Waals surface area contributed by atoms with Crippen LogP contribution in [0.5, 0.6) is 0 Å². The molecule has 3 rings (SSSR count). The third-order valence-corrected chi connectivity index (χ3v) is 4.78. The van der Waals surface area contributed by atoms with E-state index in [-0.39, 0.29) is 0 Å². The highest BCUT2D eigenvalue weighted by Crippen LogP contribution is 2.39. The Hall–Kier alpha value is -0.300. The third-order valence-electron chi connectivity index (χ3n) is 4.78.